The Labute approximate surface area is 219 Å². The topological polar surface area (TPSA) is 59.1 Å². The van der Waals surface area contributed by atoms with Crippen LogP contribution in [0.5, 0.6) is 5.75 Å². The summed E-state index contributed by atoms with van der Waals surface area (Å²) >= 11 is 6.29. The Morgan fingerprint density at radius 2 is 1.92 bits per heavy atom. The van der Waals surface area contributed by atoms with Gasteiger partial charge in [-0.1, -0.05) is 30.2 Å². The van der Waals surface area contributed by atoms with Crippen LogP contribution in [0.15, 0.2) is 36.4 Å². The van der Waals surface area contributed by atoms with Crippen LogP contribution >= 0.6 is 11.6 Å². The average Bonchev–Trinajstić information content (AvgIpc) is 2.87. The molecule has 1 aliphatic carbocycles. The third-order valence-corrected chi connectivity index (χ3v) is 7.70. The van der Waals surface area contributed by atoms with Gasteiger partial charge in [0, 0.05) is 38.6 Å². The fourth-order valence-electron chi connectivity index (χ4n) is 5.00. The van der Waals surface area contributed by atoms with Crippen molar-refractivity contribution in [3.8, 4) is 5.75 Å². The third kappa shape index (κ3) is 6.33. The standard InChI is InChI=1S/C29H37ClN2O4/c1-31(2)28(33)17-25(29(34)35-3)22-11-13-27-26(16-22)32(18-20-7-6-8-20)14-5-4-9-21-15-24(30)12-10-23(21)19-36-27/h10-13,15-16,20,25H,4-9,14,17-19H2,1-3H3/t25-/m1/s1. The van der Waals surface area contributed by atoms with Crippen molar-refractivity contribution in [1.29, 1.82) is 0 Å². The maximum absolute atomic E-state index is 12.7. The minimum absolute atomic E-state index is 0.0656. The molecular weight excluding hydrogens is 476 g/mol. The number of benzene rings is 2. The largest absolute Gasteiger partial charge is 0.487 e. The number of carbonyl (C=O) groups is 2. The number of fused-ring (bicyclic) bond motifs is 2. The van der Waals surface area contributed by atoms with Gasteiger partial charge in [-0.2, -0.15) is 0 Å². The fraction of sp³-hybridized carbons (Fsp3) is 0.517. The van der Waals surface area contributed by atoms with Crippen LogP contribution in [0.1, 0.15) is 61.1 Å². The molecular formula is C29H37ClN2O4. The first-order chi connectivity index (χ1) is 17.4. The summed E-state index contributed by atoms with van der Waals surface area (Å²) in [4.78, 5) is 29.2. The van der Waals surface area contributed by atoms with E-state index in [0.717, 1.165) is 59.9 Å². The van der Waals surface area contributed by atoms with Crippen molar-refractivity contribution in [3.05, 3.63) is 58.1 Å². The number of ether oxygens (including phenoxy) is 2. The molecule has 1 heterocycles. The van der Waals surface area contributed by atoms with E-state index in [1.165, 1.54) is 36.8 Å². The van der Waals surface area contributed by atoms with E-state index in [-0.39, 0.29) is 12.3 Å². The number of hydrogen-bond acceptors (Lipinski definition) is 5. The van der Waals surface area contributed by atoms with Crippen LogP contribution in [-0.2, 0) is 27.4 Å². The van der Waals surface area contributed by atoms with Crippen molar-refractivity contribution >= 4 is 29.2 Å². The van der Waals surface area contributed by atoms with E-state index in [1.807, 2.05) is 24.3 Å². The summed E-state index contributed by atoms with van der Waals surface area (Å²) in [6.07, 6.45) is 6.92. The molecule has 6 nitrogen and oxygen atoms in total. The second kappa shape index (κ2) is 12.0. The van der Waals surface area contributed by atoms with Gasteiger partial charge in [0.15, 0.2) is 0 Å². The van der Waals surface area contributed by atoms with E-state index < -0.39 is 11.9 Å². The van der Waals surface area contributed by atoms with Crippen molar-refractivity contribution in [2.75, 3.05) is 39.2 Å². The molecule has 0 unspecified atom stereocenters. The number of methoxy groups -OCH3 is 1. The van der Waals surface area contributed by atoms with E-state index in [1.54, 1.807) is 14.1 Å². The molecule has 1 fully saturated rings. The molecule has 2 aliphatic rings. The maximum atomic E-state index is 12.7. The van der Waals surface area contributed by atoms with Crippen molar-refractivity contribution in [3.63, 3.8) is 0 Å². The Morgan fingerprint density at radius 1 is 1.11 bits per heavy atom. The average molecular weight is 513 g/mol. The number of esters is 1. The summed E-state index contributed by atoms with van der Waals surface area (Å²) in [5.41, 5.74) is 4.15. The zero-order valence-corrected chi connectivity index (χ0v) is 22.4. The minimum atomic E-state index is -0.665. The Morgan fingerprint density at radius 3 is 2.61 bits per heavy atom. The van der Waals surface area contributed by atoms with Gasteiger partial charge in [-0.3, -0.25) is 9.59 Å². The van der Waals surface area contributed by atoms with Crippen LogP contribution in [0.3, 0.4) is 0 Å². The third-order valence-electron chi connectivity index (χ3n) is 7.47. The second-order valence-electron chi connectivity index (χ2n) is 10.2. The molecule has 0 N–H and O–H groups in total. The van der Waals surface area contributed by atoms with E-state index in [4.69, 9.17) is 21.1 Å². The number of nitrogens with zero attached hydrogens (tertiary/aromatic N) is 2. The number of anilines is 1. The maximum Gasteiger partial charge on any atom is 0.313 e. The zero-order chi connectivity index (χ0) is 25.7. The highest BCUT2D eigenvalue weighted by atomic mass is 35.5. The SMILES string of the molecule is COC(=O)[C@H](CC(=O)N(C)C)c1ccc2c(c1)N(CC1CCC1)CCCCc1cc(Cl)ccc1CO2. The lowest BCUT2D eigenvalue weighted by Gasteiger charge is -2.35. The summed E-state index contributed by atoms with van der Waals surface area (Å²) in [5, 5.41) is 0.751. The molecule has 0 aromatic heterocycles. The molecule has 0 radical (unpaired) electrons. The summed E-state index contributed by atoms with van der Waals surface area (Å²) in [6, 6.07) is 11.9. The van der Waals surface area contributed by atoms with Crippen LogP contribution in [0.4, 0.5) is 5.69 Å². The van der Waals surface area contributed by atoms with Gasteiger partial charge in [0.2, 0.25) is 5.91 Å². The smallest absolute Gasteiger partial charge is 0.313 e. The molecule has 7 heteroatoms. The van der Waals surface area contributed by atoms with Crippen molar-refractivity contribution < 1.29 is 19.1 Å². The van der Waals surface area contributed by atoms with Gasteiger partial charge < -0.3 is 19.3 Å². The predicted octanol–water partition coefficient (Wildman–Crippen LogP) is 5.60. The molecule has 1 aliphatic heterocycles. The number of hydrogen-bond donors (Lipinski definition) is 0. The lowest BCUT2D eigenvalue weighted by Crippen LogP contribution is -2.34. The Balaban J connectivity index is 1.71. The van der Waals surface area contributed by atoms with E-state index in [9.17, 15) is 9.59 Å². The van der Waals surface area contributed by atoms with Crippen molar-refractivity contribution in [1.82, 2.24) is 4.90 Å². The van der Waals surface area contributed by atoms with Gasteiger partial charge in [0.25, 0.3) is 0 Å². The van der Waals surface area contributed by atoms with Crippen LogP contribution < -0.4 is 9.64 Å². The van der Waals surface area contributed by atoms with E-state index in [2.05, 4.69) is 17.0 Å². The molecule has 1 amide bonds. The quantitative estimate of drug-likeness (QED) is 0.472. The highest BCUT2D eigenvalue weighted by Crippen LogP contribution is 2.38. The zero-order valence-electron chi connectivity index (χ0n) is 21.6. The highest BCUT2D eigenvalue weighted by Gasteiger charge is 2.28. The van der Waals surface area contributed by atoms with Gasteiger partial charge in [0.1, 0.15) is 12.4 Å². The first-order valence-corrected chi connectivity index (χ1v) is 13.3. The van der Waals surface area contributed by atoms with Gasteiger partial charge in [0.05, 0.1) is 18.7 Å². The van der Waals surface area contributed by atoms with Gasteiger partial charge in [-0.15, -0.1) is 0 Å². The highest BCUT2D eigenvalue weighted by molar-refractivity contribution is 6.30. The molecule has 36 heavy (non-hydrogen) atoms. The molecule has 0 spiro atoms. The van der Waals surface area contributed by atoms with Gasteiger partial charge in [-0.25, -0.2) is 0 Å². The number of carbonyl (C=O) groups excluding carboxylic acids is 2. The van der Waals surface area contributed by atoms with Crippen molar-refractivity contribution in [2.24, 2.45) is 5.92 Å². The Kier molecular flexibility index (Phi) is 8.78. The molecule has 0 saturated heterocycles. The van der Waals surface area contributed by atoms with Gasteiger partial charge >= 0.3 is 5.97 Å². The molecule has 4 rings (SSSR count). The molecule has 2 aromatic rings. The number of aryl methyl sites for hydroxylation is 1. The molecule has 1 saturated carbocycles. The summed E-state index contributed by atoms with van der Waals surface area (Å²) in [5.74, 6) is 0.290. The van der Waals surface area contributed by atoms with E-state index in [0.29, 0.717) is 12.5 Å². The predicted molar refractivity (Wildman–Crippen MR) is 143 cm³/mol. The Bertz CT molecular complexity index is 1080. The lowest BCUT2D eigenvalue weighted by atomic mass is 9.85. The fourth-order valence-corrected chi connectivity index (χ4v) is 5.19. The molecule has 2 aromatic carbocycles. The van der Waals surface area contributed by atoms with Crippen LogP contribution in [0.2, 0.25) is 5.02 Å². The molecule has 1 atom stereocenters. The molecule has 194 valence electrons. The lowest BCUT2D eigenvalue weighted by molar-refractivity contribution is -0.145. The Hall–Kier alpha value is -2.73. The first-order valence-electron chi connectivity index (χ1n) is 12.9. The summed E-state index contributed by atoms with van der Waals surface area (Å²) < 4.78 is 11.5. The second-order valence-corrected chi connectivity index (χ2v) is 10.6. The normalized spacial score (nSPS) is 16.9. The minimum Gasteiger partial charge on any atom is -0.487 e. The summed E-state index contributed by atoms with van der Waals surface area (Å²) in [7, 11) is 4.77. The van der Waals surface area contributed by atoms with Crippen LogP contribution in [-0.4, -0.2) is 51.1 Å². The monoisotopic (exact) mass is 512 g/mol. The summed E-state index contributed by atoms with van der Waals surface area (Å²) in [6.45, 7) is 2.33. The van der Waals surface area contributed by atoms with E-state index >= 15 is 0 Å². The number of halogens is 1. The number of rotatable bonds is 6. The van der Waals surface area contributed by atoms with Crippen molar-refractivity contribution in [2.45, 2.75) is 57.5 Å². The van der Waals surface area contributed by atoms with Gasteiger partial charge in [-0.05, 0) is 79.0 Å². The first kappa shape index (κ1) is 26.3. The van der Waals surface area contributed by atoms with Crippen LogP contribution in [0.25, 0.3) is 0 Å². The molecule has 0 bridgehead atoms. The number of amides is 1. The van der Waals surface area contributed by atoms with Crippen LogP contribution in [0, 0.1) is 5.92 Å².